The summed E-state index contributed by atoms with van der Waals surface area (Å²) in [6.07, 6.45) is 4.07. The van der Waals surface area contributed by atoms with Crippen LogP contribution in [0.1, 0.15) is 21.7 Å². The molecule has 0 bridgehead atoms. The van der Waals surface area contributed by atoms with Gasteiger partial charge in [0.2, 0.25) is 0 Å². The molecule has 2 aromatic heterocycles. The van der Waals surface area contributed by atoms with Crippen LogP contribution >= 0.6 is 11.3 Å². The van der Waals surface area contributed by atoms with Crippen molar-refractivity contribution in [3.63, 3.8) is 0 Å². The Labute approximate surface area is 126 Å². The molecule has 112 valence electrons. The lowest BCUT2D eigenvalue weighted by atomic mass is 10.2. The first-order chi connectivity index (χ1) is 10.1. The van der Waals surface area contributed by atoms with Crippen molar-refractivity contribution in [2.24, 2.45) is 0 Å². The lowest BCUT2D eigenvalue weighted by Crippen LogP contribution is -2.11. The summed E-state index contributed by atoms with van der Waals surface area (Å²) in [6, 6.07) is 0. The Hall–Kier alpha value is -1.99. The van der Waals surface area contributed by atoms with Crippen LogP contribution in [0.2, 0.25) is 0 Å². The molecule has 0 saturated carbocycles. The van der Waals surface area contributed by atoms with E-state index in [1.165, 1.54) is 6.33 Å². The molecule has 2 N–H and O–H groups in total. The predicted octanol–water partition coefficient (Wildman–Crippen LogP) is 2.70. The van der Waals surface area contributed by atoms with Crippen molar-refractivity contribution >= 4 is 33.3 Å². The van der Waals surface area contributed by atoms with Gasteiger partial charge in [-0.3, -0.25) is 0 Å². The number of carboxylic acids is 1. The van der Waals surface area contributed by atoms with Crippen molar-refractivity contribution in [3.05, 3.63) is 29.4 Å². The third-order valence-corrected chi connectivity index (χ3v) is 4.11. The fourth-order valence-electron chi connectivity index (χ4n) is 1.92. The molecule has 0 saturated heterocycles. The molecule has 0 aromatic carbocycles. The van der Waals surface area contributed by atoms with Crippen LogP contribution in [-0.2, 0) is 4.74 Å². The Morgan fingerprint density at radius 3 is 3.05 bits per heavy atom. The normalized spacial score (nSPS) is 10.7. The molecule has 0 fully saturated rings. The molecule has 0 radical (unpaired) electrons. The van der Waals surface area contributed by atoms with Crippen molar-refractivity contribution in [1.29, 1.82) is 0 Å². The minimum Gasteiger partial charge on any atom is -0.477 e. The van der Waals surface area contributed by atoms with E-state index < -0.39 is 5.97 Å². The number of nitrogens with zero attached hydrogens (tertiary/aromatic N) is 2. The summed E-state index contributed by atoms with van der Waals surface area (Å²) >= 11 is 1.16. The zero-order valence-corrected chi connectivity index (χ0v) is 12.6. The number of nitrogens with one attached hydrogen (secondary N) is 1. The molecule has 0 aliphatic carbocycles. The molecule has 2 heterocycles. The fourth-order valence-corrected chi connectivity index (χ4v) is 2.91. The first kappa shape index (κ1) is 15.4. The molecular formula is C14H17N3O3S. The average molecular weight is 307 g/mol. The third-order valence-electron chi connectivity index (χ3n) is 2.93. The molecule has 2 rings (SSSR count). The molecule has 7 heteroatoms. The molecule has 0 atom stereocenters. The number of carbonyl (C=O) groups is 1. The molecule has 21 heavy (non-hydrogen) atoms. The second-order valence-corrected chi connectivity index (χ2v) is 5.38. The van der Waals surface area contributed by atoms with Crippen molar-refractivity contribution < 1.29 is 14.6 Å². The van der Waals surface area contributed by atoms with E-state index >= 15 is 0 Å². The van der Waals surface area contributed by atoms with E-state index in [0.717, 1.165) is 23.1 Å². The maximum absolute atomic E-state index is 11.2. The largest absolute Gasteiger partial charge is 0.477 e. The maximum atomic E-state index is 11.2. The molecule has 0 aliphatic heterocycles. The van der Waals surface area contributed by atoms with E-state index in [1.807, 2.05) is 6.08 Å². The van der Waals surface area contributed by atoms with Gasteiger partial charge in [-0.15, -0.1) is 17.9 Å². The van der Waals surface area contributed by atoms with Crippen LogP contribution < -0.4 is 5.32 Å². The molecule has 2 aromatic rings. The van der Waals surface area contributed by atoms with Crippen LogP contribution in [0.25, 0.3) is 10.2 Å². The van der Waals surface area contributed by atoms with Crippen molar-refractivity contribution in [2.45, 2.75) is 13.3 Å². The van der Waals surface area contributed by atoms with Crippen LogP contribution in [-0.4, -0.2) is 40.8 Å². The molecular weight excluding hydrogens is 290 g/mol. The maximum Gasteiger partial charge on any atom is 0.346 e. The number of ether oxygens (including phenoxy) is 1. The smallest absolute Gasteiger partial charge is 0.346 e. The Balaban J connectivity index is 2.09. The predicted molar refractivity (Wildman–Crippen MR) is 83.2 cm³/mol. The standard InChI is InChI=1S/C14H17N3O3S/c1-3-4-6-20-7-5-15-12-10-9(2)11(14(18)19)21-13(10)17-8-16-12/h3,8H,1,4-7H2,2H3,(H,18,19)(H,15,16,17). The van der Waals surface area contributed by atoms with Gasteiger partial charge in [0, 0.05) is 6.54 Å². The number of carboxylic acid groups (broad SMARTS) is 1. The summed E-state index contributed by atoms with van der Waals surface area (Å²) in [5, 5.41) is 13.1. The molecule has 0 aliphatic rings. The van der Waals surface area contributed by atoms with Gasteiger partial charge in [0.05, 0.1) is 18.6 Å². The first-order valence-electron chi connectivity index (χ1n) is 6.55. The highest BCUT2D eigenvalue weighted by Crippen LogP contribution is 2.32. The van der Waals surface area contributed by atoms with Gasteiger partial charge >= 0.3 is 5.97 Å². The number of rotatable bonds is 8. The van der Waals surface area contributed by atoms with E-state index in [-0.39, 0.29) is 0 Å². The van der Waals surface area contributed by atoms with Crippen LogP contribution in [0, 0.1) is 6.92 Å². The van der Waals surface area contributed by atoms with E-state index in [4.69, 9.17) is 9.84 Å². The lowest BCUT2D eigenvalue weighted by molar-refractivity contribution is 0.0701. The molecule has 0 spiro atoms. The third kappa shape index (κ3) is 3.56. The highest BCUT2D eigenvalue weighted by Gasteiger charge is 2.18. The summed E-state index contributed by atoms with van der Waals surface area (Å²) in [6.45, 7) is 7.19. The first-order valence-corrected chi connectivity index (χ1v) is 7.36. The number of hydrogen-bond acceptors (Lipinski definition) is 6. The van der Waals surface area contributed by atoms with Gasteiger partial charge in [-0.1, -0.05) is 6.08 Å². The van der Waals surface area contributed by atoms with Crippen LogP contribution in [0.5, 0.6) is 0 Å². The number of anilines is 1. The van der Waals surface area contributed by atoms with Gasteiger partial charge in [-0.2, -0.15) is 0 Å². The van der Waals surface area contributed by atoms with E-state index in [2.05, 4.69) is 21.9 Å². The molecule has 6 nitrogen and oxygen atoms in total. The number of aromatic carboxylic acids is 1. The molecule has 0 amide bonds. The Morgan fingerprint density at radius 2 is 2.33 bits per heavy atom. The average Bonchev–Trinajstić information content (AvgIpc) is 2.81. The van der Waals surface area contributed by atoms with E-state index in [9.17, 15) is 4.79 Å². The highest BCUT2D eigenvalue weighted by molar-refractivity contribution is 7.20. The summed E-state index contributed by atoms with van der Waals surface area (Å²) in [7, 11) is 0. The van der Waals surface area contributed by atoms with Crippen LogP contribution in [0.15, 0.2) is 19.0 Å². The van der Waals surface area contributed by atoms with Crippen LogP contribution in [0.3, 0.4) is 0 Å². The monoisotopic (exact) mass is 307 g/mol. The highest BCUT2D eigenvalue weighted by atomic mass is 32.1. The van der Waals surface area contributed by atoms with Gasteiger partial charge in [0.1, 0.15) is 21.9 Å². The lowest BCUT2D eigenvalue weighted by Gasteiger charge is -2.07. The van der Waals surface area contributed by atoms with Crippen molar-refractivity contribution in [3.8, 4) is 0 Å². The number of hydrogen-bond donors (Lipinski definition) is 2. The summed E-state index contributed by atoms with van der Waals surface area (Å²) < 4.78 is 5.41. The quantitative estimate of drug-likeness (QED) is 0.576. The minimum absolute atomic E-state index is 0.302. The molecule has 0 unspecified atom stereocenters. The van der Waals surface area contributed by atoms with Gasteiger partial charge in [-0.25, -0.2) is 14.8 Å². The Morgan fingerprint density at radius 1 is 1.52 bits per heavy atom. The second-order valence-electron chi connectivity index (χ2n) is 4.38. The summed E-state index contributed by atoms with van der Waals surface area (Å²) in [5.41, 5.74) is 0.693. The minimum atomic E-state index is -0.936. The van der Waals surface area contributed by atoms with Crippen molar-refractivity contribution in [1.82, 2.24) is 9.97 Å². The summed E-state index contributed by atoms with van der Waals surface area (Å²) in [5.74, 6) is -0.289. The zero-order chi connectivity index (χ0) is 15.2. The van der Waals surface area contributed by atoms with Crippen LogP contribution in [0.4, 0.5) is 5.82 Å². The Bertz CT molecular complexity index is 654. The van der Waals surface area contributed by atoms with Gasteiger partial charge in [0.25, 0.3) is 0 Å². The fraction of sp³-hybridized carbons (Fsp3) is 0.357. The summed E-state index contributed by atoms with van der Waals surface area (Å²) in [4.78, 5) is 20.5. The number of thiophene rings is 1. The van der Waals surface area contributed by atoms with Gasteiger partial charge < -0.3 is 15.2 Å². The second kappa shape index (κ2) is 7.14. The van der Waals surface area contributed by atoms with Crippen molar-refractivity contribution in [2.75, 3.05) is 25.1 Å². The number of fused-ring (bicyclic) bond motifs is 1. The van der Waals surface area contributed by atoms with E-state index in [1.54, 1.807) is 6.92 Å². The van der Waals surface area contributed by atoms with E-state index in [0.29, 0.717) is 40.8 Å². The number of aromatic nitrogens is 2. The van der Waals surface area contributed by atoms with Gasteiger partial charge in [-0.05, 0) is 18.9 Å². The Kier molecular flexibility index (Phi) is 5.24. The SMILES string of the molecule is C=CCCOCCNc1ncnc2sc(C(=O)O)c(C)c12. The zero-order valence-electron chi connectivity index (χ0n) is 11.8. The topological polar surface area (TPSA) is 84.3 Å². The van der Waals surface area contributed by atoms with Gasteiger partial charge in [0.15, 0.2) is 0 Å². The number of aryl methyl sites for hydroxylation is 1.